The Bertz CT molecular complexity index is 1760. The topological polar surface area (TPSA) is 130 Å². The van der Waals surface area contributed by atoms with Gasteiger partial charge in [0.2, 0.25) is 0 Å². The van der Waals surface area contributed by atoms with Crippen LogP contribution in [0.25, 0.3) is 22.3 Å². The Hall–Kier alpha value is -4.03. The van der Waals surface area contributed by atoms with Crippen molar-refractivity contribution in [3.63, 3.8) is 0 Å². The lowest BCUT2D eigenvalue weighted by atomic mass is 10.1. The average molecular weight is 562 g/mol. The Morgan fingerprint density at radius 3 is 2.70 bits per heavy atom. The number of fused-ring (bicyclic) bond motifs is 1. The van der Waals surface area contributed by atoms with Gasteiger partial charge in [-0.1, -0.05) is 0 Å². The van der Waals surface area contributed by atoms with Gasteiger partial charge in [-0.25, -0.2) is 22.8 Å². The molecule has 1 spiro atoms. The van der Waals surface area contributed by atoms with E-state index in [-0.39, 0.29) is 28.4 Å². The summed E-state index contributed by atoms with van der Waals surface area (Å²) in [4.78, 5) is 32.8. The largest absolute Gasteiger partial charge is 0.353 e. The highest BCUT2D eigenvalue weighted by Crippen LogP contribution is 2.38. The molecule has 10 nitrogen and oxygen atoms in total. The predicted molar refractivity (Wildman–Crippen MR) is 148 cm³/mol. The van der Waals surface area contributed by atoms with E-state index < -0.39 is 15.7 Å². The van der Waals surface area contributed by atoms with Crippen LogP contribution >= 0.6 is 0 Å². The molecule has 1 saturated heterocycles. The number of nitrogens with zero attached hydrogens (tertiary/aromatic N) is 5. The molecule has 12 heteroatoms. The van der Waals surface area contributed by atoms with Crippen LogP contribution in [0.2, 0.25) is 0 Å². The van der Waals surface area contributed by atoms with E-state index in [4.69, 9.17) is 9.97 Å². The maximum Gasteiger partial charge on any atom is 0.253 e. The molecule has 5 heterocycles. The molecule has 2 N–H and O–H groups in total. The number of amides is 1. The molecule has 2 fully saturated rings. The summed E-state index contributed by atoms with van der Waals surface area (Å²) in [5.74, 6) is -0.237. The van der Waals surface area contributed by atoms with Gasteiger partial charge in [0, 0.05) is 61.3 Å². The SMILES string of the molecule is Cc1ncc(C(=O)NCc2cc3nc(-c4cc(F)cc(N5CCNC6(CC6)C5)n4)ccc3cn2)cc1S(C)(=O)=O. The smallest absolute Gasteiger partial charge is 0.253 e. The number of halogens is 1. The molecule has 1 aliphatic heterocycles. The molecule has 2 aliphatic rings. The molecule has 1 aliphatic carbocycles. The van der Waals surface area contributed by atoms with E-state index in [0.717, 1.165) is 44.1 Å². The zero-order valence-electron chi connectivity index (χ0n) is 22.1. The minimum atomic E-state index is -3.52. The van der Waals surface area contributed by atoms with Crippen LogP contribution in [0.1, 0.15) is 34.6 Å². The van der Waals surface area contributed by atoms with Gasteiger partial charge >= 0.3 is 0 Å². The van der Waals surface area contributed by atoms with Crippen molar-refractivity contribution in [2.24, 2.45) is 0 Å². The first-order valence-corrected chi connectivity index (χ1v) is 14.9. The lowest BCUT2D eigenvalue weighted by Crippen LogP contribution is -2.52. The molecular formula is C28H28FN7O3S. The second kappa shape index (κ2) is 9.86. The molecule has 0 unspecified atom stereocenters. The number of rotatable bonds is 6. The highest BCUT2D eigenvalue weighted by Gasteiger charge is 2.45. The maximum atomic E-state index is 14.7. The summed E-state index contributed by atoms with van der Waals surface area (Å²) >= 11 is 0. The van der Waals surface area contributed by atoms with Gasteiger partial charge in [-0.15, -0.1) is 0 Å². The third-order valence-electron chi connectivity index (χ3n) is 7.35. The zero-order chi connectivity index (χ0) is 28.1. The molecule has 0 radical (unpaired) electrons. The lowest BCUT2D eigenvalue weighted by molar-refractivity contribution is 0.0950. The standard InChI is InChI=1S/C28H28FN7O3S/c1-17-25(40(2,38)39)9-19(14-30-17)27(37)32-15-21-12-23-18(13-31-21)3-4-22(34-23)24-10-20(29)11-26(35-24)36-8-7-33-28(16-36)5-6-28/h3-4,9-14,33H,5-8,15-16H2,1-2H3,(H,32,37). The van der Waals surface area contributed by atoms with Crippen LogP contribution in [0.4, 0.5) is 10.2 Å². The minimum Gasteiger partial charge on any atom is -0.353 e. The van der Waals surface area contributed by atoms with Gasteiger partial charge < -0.3 is 15.5 Å². The van der Waals surface area contributed by atoms with Crippen LogP contribution in [0.3, 0.4) is 0 Å². The van der Waals surface area contributed by atoms with Crippen LogP contribution in [-0.4, -0.2) is 65.7 Å². The van der Waals surface area contributed by atoms with Crippen molar-refractivity contribution >= 4 is 32.5 Å². The molecule has 0 aromatic carbocycles. The number of aryl methyl sites for hydroxylation is 1. The number of hydrogen-bond acceptors (Lipinski definition) is 9. The normalized spacial score (nSPS) is 16.3. The molecule has 0 atom stereocenters. The number of aromatic nitrogens is 4. The van der Waals surface area contributed by atoms with Gasteiger partial charge in [0.25, 0.3) is 5.91 Å². The van der Waals surface area contributed by atoms with Crippen LogP contribution < -0.4 is 15.5 Å². The number of carbonyl (C=O) groups excluding carboxylic acids is 1. The number of sulfone groups is 1. The molecule has 40 heavy (non-hydrogen) atoms. The molecule has 1 amide bonds. The average Bonchev–Trinajstić information content (AvgIpc) is 3.68. The fourth-order valence-corrected chi connectivity index (χ4v) is 5.93. The van der Waals surface area contributed by atoms with Gasteiger partial charge in [-0.3, -0.25) is 14.8 Å². The summed E-state index contributed by atoms with van der Waals surface area (Å²) in [5.41, 5.74) is 2.76. The van der Waals surface area contributed by atoms with Crippen LogP contribution in [0.5, 0.6) is 0 Å². The van der Waals surface area contributed by atoms with Crippen molar-refractivity contribution in [3.05, 3.63) is 71.6 Å². The second-order valence-electron chi connectivity index (χ2n) is 10.5. The van der Waals surface area contributed by atoms with Gasteiger partial charge in [0.15, 0.2) is 9.84 Å². The molecule has 6 rings (SSSR count). The van der Waals surface area contributed by atoms with Crippen LogP contribution in [0, 0.1) is 12.7 Å². The fraction of sp³-hybridized carbons (Fsp3) is 0.321. The van der Waals surface area contributed by atoms with Crippen molar-refractivity contribution < 1.29 is 17.6 Å². The summed E-state index contributed by atoms with van der Waals surface area (Å²) in [6, 6.07) is 9.57. The summed E-state index contributed by atoms with van der Waals surface area (Å²) in [7, 11) is -3.52. The third kappa shape index (κ3) is 5.36. The van der Waals surface area contributed by atoms with Crippen molar-refractivity contribution in [3.8, 4) is 11.4 Å². The Balaban J connectivity index is 1.22. The first-order chi connectivity index (χ1) is 19.1. The van der Waals surface area contributed by atoms with E-state index in [1.807, 2.05) is 6.07 Å². The number of pyridine rings is 4. The summed E-state index contributed by atoms with van der Waals surface area (Å²) in [6.07, 6.45) is 6.32. The molecule has 1 saturated carbocycles. The lowest BCUT2D eigenvalue weighted by Gasteiger charge is -2.35. The number of nitrogens with one attached hydrogen (secondary N) is 2. The van der Waals surface area contributed by atoms with E-state index in [0.29, 0.717) is 34.1 Å². The Labute approximate surface area is 231 Å². The van der Waals surface area contributed by atoms with E-state index in [2.05, 4.69) is 25.5 Å². The monoisotopic (exact) mass is 561 g/mol. The van der Waals surface area contributed by atoms with E-state index in [9.17, 15) is 17.6 Å². The predicted octanol–water partition coefficient (Wildman–Crippen LogP) is 2.81. The third-order valence-corrected chi connectivity index (χ3v) is 8.57. The highest BCUT2D eigenvalue weighted by atomic mass is 32.2. The molecule has 4 aromatic rings. The fourth-order valence-electron chi connectivity index (χ4n) is 5.00. The van der Waals surface area contributed by atoms with Gasteiger partial charge in [0.1, 0.15) is 11.6 Å². The van der Waals surface area contributed by atoms with Crippen molar-refractivity contribution in [2.75, 3.05) is 30.8 Å². The Morgan fingerprint density at radius 1 is 1.10 bits per heavy atom. The number of anilines is 1. The second-order valence-corrected chi connectivity index (χ2v) is 12.5. The molecular weight excluding hydrogens is 533 g/mol. The van der Waals surface area contributed by atoms with E-state index >= 15 is 0 Å². The van der Waals surface area contributed by atoms with E-state index in [1.54, 1.807) is 25.3 Å². The summed E-state index contributed by atoms with van der Waals surface area (Å²) in [5, 5.41) is 7.09. The Morgan fingerprint density at radius 2 is 1.93 bits per heavy atom. The zero-order valence-corrected chi connectivity index (χ0v) is 22.9. The number of carbonyl (C=O) groups is 1. The highest BCUT2D eigenvalue weighted by molar-refractivity contribution is 7.90. The molecule has 0 bridgehead atoms. The van der Waals surface area contributed by atoms with Gasteiger partial charge in [-0.05, 0) is 44.0 Å². The maximum absolute atomic E-state index is 14.7. The first-order valence-electron chi connectivity index (χ1n) is 13.0. The molecule has 4 aromatic heterocycles. The molecule has 206 valence electrons. The number of hydrogen-bond donors (Lipinski definition) is 2. The van der Waals surface area contributed by atoms with Crippen molar-refractivity contribution in [2.45, 2.75) is 36.7 Å². The van der Waals surface area contributed by atoms with Gasteiger partial charge in [0.05, 0.1) is 45.3 Å². The first kappa shape index (κ1) is 26.2. The van der Waals surface area contributed by atoms with Gasteiger partial charge in [-0.2, -0.15) is 0 Å². The number of piperazine rings is 1. The summed E-state index contributed by atoms with van der Waals surface area (Å²) in [6.45, 7) is 4.08. The van der Waals surface area contributed by atoms with Crippen LogP contribution in [-0.2, 0) is 16.4 Å². The van der Waals surface area contributed by atoms with Crippen LogP contribution in [0.15, 0.2) is 53.7 Å². The van der Waals surface area contributed by atoms with E-state index in [1.165, 1.54) is 24.4 Å². The van der Waals surface area contributed by atoms with Crippen molar-refractivity contribution in [1.29, 1.82) is 0 Å². The summed E-state index contributed by atoms with van der Waals surface area (Å²) < 4.78 is 38.7. The van der Waals surface area contributed by atoms with Crippen molar-refractivity contribution in [1.82, 2.24) is 30.6 Å². The quantitative estimate of drug-likeness (QED) is 0.365. The Kier molecular flexibility index (Phi) is 6.46. The minimum absolute atomic E-state index is 0.0128.